The van der Waals surface area contributed by atoms with Gasteiger partial charge < -0.3 is 4.74 Å². The average molecular weight is 325 g/mol. The molecule has 2 aromatic rings. The zero-order valence-corrected chi connectivity index (χ0v) is 13.9. The van der Waals surface area contributed by atoms with E-state index in [2.05, 4.69) is 28.2 Å². The van der Waals surface area contributed by atoms with E-state index in [0.29, 0.717) is 12.6 Å². The highest BCUT2D eigenvalue weighted by Crippen LogP contribution is 2.26. The number of benzene rings is 1. The van der Waals surface area contributed by atoms with Gasteiger partial charge in [-0.2, -0.15) is 5.10 Å². The van der Waals surface area contributed by atoms with E-state index in [1.54, 1.807) is 23.0 Å². The molecular formula is C19H23N3O2. The van der Waals surface area contributed by atoms with Gasteiger partial charge in [-0.3, -0.25) is 9.69 Å². The summed E-state index contributed by atoms with van der Waals surface area (Å²) in [7, 11) is 0. The molecule has 3 heterocycles. The predicted molar refractivity (Wildman–Crippen MR) is 92.4 cm³/mol. The Labute approximate surface area is 141 Å². The summed E-state index contributed by atoms with van der Waals surface area (Å²) < 4.78 is 7.17. The smallest absolute Gasteiger partial charge is 0.266 e. The summed E-state index contributed by atoms with van der Waals surface area (Å²) in [6.45, 7) is 3.65. The Bertz CT molecular complexity index is 771. The van der Waals surface area contributed by atoms with E-state index in [4.69, 9.17) is 4.74 Å². The molecular weight excluding hydrogens is 302 g/mol. The first-order chi connectivity index (χ1) is 11.8. The van der Waals surface area contributed by atoms with Gasteiger partial charge in [0, 0.05) is 31.3 Å². The Morgan fingerprint density at radius 3 is 3.17 bits per heavy atom. The highest BCUT2D eigenvalue weighted by Gasteiger charge is 2.25. The van der Waals surface area contributed by atoms with E-state index >= 15 is 0 Å². The van der Waals surface area contributed by atoms with Gasteiger partial charge in [0.2, 0.25) is 0 Å². The van der Waals surface area contributed by atoms with Gasteiger partial charge in [-0.25, -0.2) is 4.68 Å². The van der Waals surface area contributed by atoms with Crippen LogP contribution in [-0.4, -0.2) is 40.4 Å². The second-order valence-corrected chi connectivity index (χ2v) is 6.67. The molecule has 24 heavy (non-hydrogen) atoms. The van der Waals surface area contributed by atoms with E-state index in [1.165, 1.54) is 17.5 Å². The lowest BCUT2D eigenvalue weighted by Crippen LogP contribution is -2.37. The number of ether oxygens (including phenoxy) is 1. The highest BCUT2D eigenvalue weighted by molar-refractivity contribution is 5.39. The SMILES string of the molecule is O=c1cccnn1CC1CCCN1CCc1ccc2c(c1)CCO2. The summed E-state index contributed by atoms with van der Waals surface area (Å²) in [6.07, 6.45) is 6.09. The maximum Gasteiger partial charge on any atom is 0.266 e. The fraction of sp³-hybridized carbons (Fsp3) is 0.474. The summed E-state index contributed by atoms with van der Waals surface area (Å²) in [5, 5.41) is 4.20. The standard InChI is InChI=1S/C19H23N3O2/c23-19-4-1-9-20-22(19)14-17-3-2-10-21(17)11-7-15-5-6-18-16(13-15)8-12-24-18/h1,4-6,9,13,17H,2-3,7-8,10-12,14H2. The molecule has 0 amide bonds. The number of nitrogens with zero attached hydrogens (tertiary/aromatic N) is 3. The van der Waals surface area contributed by atoms with E-state index < -0.39 is 0 Å². The number of rotatable bonds is 5. The van der Waals surface area contributed by atoms with Crippen molar-refractivity contribution in [3.63, 3.8) is 0 Å². The minimum absolute atomic E-state index is 0.0111. The topological polar surface area (TPSA) is 47.4 Å². The Balaban J connectivity index is 1.39. The zero-order valence-electron chi connectivity index (χ0n) is 13.9. The van der Waals surface area contributed by atoms with Gasteiger partial charge in [0.15, 0.2) is 0 Å². The van der Waals surface area contributed by atoms with Crippen molar-refractivity contribution >= 4 is 0 Å². The number of aromatic nitrogens is 2. The third kappa shape index (κ3) is 3.22. The maximum absolute atomic E-state index is 11.9. The van der Waals surface area contributed by atoms with Gasteiger partial charge in [0.05, 0.1) is 13.2 Å². The lowest BCUT2D eigenvalue weighted by atomic mass is 10.1. The first-order valence-corrected chi connectivity index (χ1v) is 8.80. The molecule has 0 N–H and O–H groups in total. The molecule has 0 aliphatic carbocycles. The lowest BCUT2D eigenvalue weighted by molar-refractivity contribution is 0.227. The largest absolute Gasteiger partial charge is 0.493 e. The molecule has 1 fully saturated rings. The van der Waals surface area contributed by atoms with Crippen molar-refractivity contribution in [3.8, 4) is 5.75 Å². The Morgan fingerprint density at radius 1 is 1.29 bits per heavy atom. The Kier molecular flexibility index (Phi) is 4.34. The van der Waals surface area contributed by atoms with Crippen LogP contribution in [0, 0.1) is 0 Å². The van der Waals surface area contributed by atoms with Crippen molar-refractivity contribution in [2.45, 2.75) is 38.3 Å². The molecule has 1 aromatic carbocycles. The Morgan fingerprint density at radius 2 is 2.25 bits per heavy atom. The van der Waals surface area contributed by atoms with Crippen LogP contribution in [0.3, 0.4) is 0 Å². The zero-order chi connectivity index (χ0) is 16.4. The molecule has 2 aliphatic heterocycles. The third-order valence-electron chi connectivity index (χ3n) is 5.11. The van der Waals surface area contributed by atoms with Crippen LogP contribution in [0.1, 0.15) is 24.0 Å². The van der Waals surface area contributed by atoms with Crippen molar-refractivity contribution in [3.05, 3.63) is 58.0 Å². The average Bonchev–Trinajstić information content (AvgIpc) is 3.23. The second-order valence-electron chi connectivity index (χ2n) is 6.67. The van der Waals surface area contributed by atoms with Crippen LogP contribution in [0.15, 0.2) is 41.3 Å². The molecule has 126 valence electrons. The number of likely N-dealkylation sites (tertiary alicyclic amines) is 1. The molecule has 0 radical (unpaired) electrons. The molecule has 1 atom stereocenters. The molecule has 1 saturated heterocycles. The van der Waals surface area contributed by atoms with E-state index in [1.807, 2.05) is 0 Å². The number of hydrogen-bond donors (Lipinski definition) is 0. The molecule has 0 spiro atoms. The van der Waals surface area contributed by atoms with Crippen LogP contribution in [0.25, 0.3) is 0 Å². The minimum Gasteiger partial charge on any atom is -0.493 e. The molecule has 0 saturated carbocycles. The molecule has 5 nitrogen and oxygen atoms in total. The summed E-state index contributed by atoms with van der Waals surface area (Å²) in [6, 6.07) is 10.3. The first-order valence-electron chi connectivity index (χ1n) is 8.80. The van der Waals surface area contributed by atoms with E-state index in [0.717, 1.165) is 44.7 Å². The van der Waals surface area contributed by atoms with E-state index in [9.17, 15) is 4.79 Å². The molecule has 4 rings (SSSR count). The minimum atomic E-state index is -0.0111. The Hall–Kier alpha value is -2.14. The van der Waals surface area contributed by atoms with Crippen LogP contribution < -0.4 is 10.3 Å². The van der Waals surface area contributed by atoms with Gasteiger partial charge in [0.25, 0.3) is 5.56 Å². The fourth-order valence-corrected chi connectivity index (χ4v) is 3.79. The quantitative estimate of drug-likeness (QED) is 0.842. The highest BCUT2D eigenvalue weighted by atomic mass is 16.5. The van der Waals surface area contributed by atoms with Crippen LogP contribution in [0.4, 0.5) is 0 Å². The number of hydrogen-bond acceptors (Lipinski definition) is 4. The van der Waals surface area contributed by atoms with Gasteiger partial charge in [-0.05, 0) is 49.1 Å². The van der Waals surface area contributed by atoms with Gasteiger partial charge in [-0.15, -0.1) is 0 Å². The van der Waals surface area contributed by atoms with Crippen molar-refractivity contribution in [2.75, 3.05) is 19.7 Å². The predicted octanol–water partition coefficient (Wildman–Crippen LogP) is 1.89. The molecule has 2 aliphatic rings. The number of fused-ring (bicyclic) bond motifs is 1. The molecule has 1 unspecified atom stereocenters. The van der Waals surface area contributed by atoms with Gasteiger partial charge >= 0.3 is 0 Å². The summed E-state index contributed by atoms with van der Waals surface area (Å²) in [5.41, 5.74) is 2.70. The van der Waals surface area contributed by atoms with Crippen LogP contribution in [0.2, 0.25) is 0 Å². The van der Waals surface area contributed by atoms with Gasteiger partial charge in [-0.1, -0.05) is 12.1 Å². The lowest BCUT2D eigenvalue weighted by Gasteiger charge is -2.24. The van der Waals surface area contributed by atoms with E-state index in [-0.39, 0.29) is 5.56 Å². The fourth-order valence-electron chi connectivity index (χ4n) is 3.79. The third-order valence-corrected chi connectivity index (χ3v) is 5.11. The van der Waals surface area contributed by atoms with Crippen molar-refractivity contribution in [2.24, 2.45) is 0 Å². The monoisotopic (exact) mass is 325 g/mol. The van der Waals surface area contributed by atoms with Crippen molar-refractivity contribution < 1.29 is 4.74 Å². The summed E-state index contributed by atoms with van der Waals surface area (Å²) in [5.74, 6) is 1.05. The van der Waals surface area contributed by atoms with Crippen molar-refractivity contribution in [1.82, 2.24) is 14.7 Å². The normalized spacial score (nSPS) is 20.1. The van der Waals surface area contributed by atoms with Crippen LogP contribution in [-0.2, 0) is 19.4 Å². The van der Waals surface area contributed by atoms with Gasteiger partial charge in [0.1, 0.15) is 5.75 Å². The van der Waals surface area contributed by atoms with Crippen molar-refractivity contribution in [1.29, 1.82) is 0 Å². The maximum atomic E-state index is 11.9. The summed E-state index contributed by atoms with van der Waals surface area (Å²) in [4.78, 5) is 14.4. The summed E-state index contributed by atoms with van der Waals surface area (Å²) >= 11 is 0. The second kappa shape index (κ2) is 6.77. The molecule has 1 aromatic heterocycles. The first kappa shape index (κ1) is 15.4. The van der Waals surface area contributed by atoms with Crippen LogP contribution in [0.5, 0.6) is 5.75 Å². The molecule has 5 heteroatoms. The van der Waals surface area contributed by atoms with Crippen LogP contribution >= 0.6 is 0 Å². The molecule has 0 bridgehead atoms.